The van der Waals surface area contributed by atoms with Crippen LogP contribution >= 0.6 is 0 Å². The van der Waals surface area contributed by atoms with Crippen LogP contribution in [0.4, 0.5) is 0 Å². The Kier molecular flexibility index (Phi) is 6.51. The van der Waals surface area contributed by atoms with E-state index in [1.807, 2.05) is 50.5 Å². The van der Waals surface area contributed by atoms with Crippen LogP contribution in [0.25, 0.3) is 10.8 Å². The van der Waals surface area contributed by atoms with Crippen molar-refractivity contribution in [2.24, 2.45) is 4.99 Å². The van der Waals surface area contributed by atoms with Gasteiger partial charge < -0.3 is 10.1 Å². The van der Waals surface area contributed by atoms with Crippen LogP contribution in [0, 0.1) is 0 Å². The summed E-state index contributed by atoms with van der Waals surface area (Å²) in [6, 6.07) is 8.02. The first kappa shape index (κ1) is 16.9. The second kappa shape index (κ2) is 8.86. The molecule has 1 heterocycles. The first-order valence-corrected chi connectivity index (χ1v) is 7.72. The van der Waals surface area contributed by atoms with Crippen LogP contribution in [-0.2, 0) is 0 Å². The zero-order valence-electron chi connectivity index (χ0n) is 13.7. The van der Waals surface area contributed by atoms with Crippen LogP contribution in [0.15, 0.2) is 65.6 Å². The number of nitrogens with zero attached hydrogens (tertiary/aromatic N) is 2. The molecule has 0 fully saturated rings. The van der Waals surface area contributed by atoms with Gasteiger partial charge in [-0.2, -0.15) is 0 Å². The predicted molar refractivity (Wildman–Crippen MR) is 97.1 cm³/mol. The van der Waals surface area contributed by atoms with E-state index in [1.54, 1.807) is 12.4 Å². The molecule has 1 atom stereocenters. The highest BCUT2D eigenvalue weighted by Crippen LogP contribution is 2.27. The van der Waals surface area contributed by atoms with Gasteiger partial charge in [0.05, 0.1) is 0 Å². The normalized spacial score (nSPS) is 13.4. The van der Waals surface area contributed by atoms with Crippen molar-refractivity contribution in [1.29, 1.82) is 0 Å². The third kappa shape index (κ3) is 4.50. The Morgan fingerprint density at radius 2 is 2.30 bits per heavy atom. The highest BCUT2D eigenvalue weighted by atomic mass is 16.5. The minimum absolute atomic E-state index is 0.102. The molecule has 0 saturated carbocycles. The van der Waals surface area contributed by atoms with Crippen molar-refractivity contribution in [2.45, 2.75) is 19.4 Å². The molecule has 4 heteroatoms. The molecule has 1 aromatic heterocycles. The Labute approximate surface area is 137 Å². The first-order valence-electron chi connectivity index (χ1n) is 7.72. The van der Waals surface area contributed by atoms with E-state index in [4.69, 9.17) is 4.74 Å². The monoisotopic (exact) mass is 309 g/mol. The highest BCUT2D eigenvalue weighted by Gasteiger charge is 2.15. The molecular formula is C19H23N3O. The number of pyridine rings is 1. The molecule has 0 bridgehead atoms. The largest absolute Gasteiger partial charge is 0.485 e. The average Bonchev–Trinajstić information content (AvgIpc) is 2.58. The fourth-order valence-electron chi connectivity index (χ4n) is 2.44. The number of fused-ring (bicyclic) bond motifs is 1. The summed E-state index contributed by atoms with van der Waals surface area (Å²) in [5, 5.41) is 5.29. The van der Waals surface area contributed by atoms with Gasteiger partial charge in [0.1, 0.15) is 11.9 Å². The third-order valence-corrected chi connectivity index (χ3v) is 3.54. The number of allylic oxidation sites excluding steroid dienone is 1. The molecule has 0 aliphatic rings. The molecule has 0 aliphatic carbocycles. The van der Waals surface area contributed by atoms with Gasteiger partial charge in [0, 0.05) is 36.0 Å². The number of aromatic nitrogens is 1. The summed E-state index contributed by atoms with van der Waals surface area (Å²) in [4.78, 5) is 8.12. The van der Waals surface area contributed by atoms with Crippen molar-refractivity contribution >= 4 is 17.5 Å². The summed E-state index contributed by atoms with van der Waals surface area (Å²) in [6.07, 6.45) is 10.1. The number of rotatable bonds is 8. The standard InChI is InChI=1S/C19H23N3O/c1-4-6-16(13-21-3)18(10-11-20-2)23-19-8-5-7-15-9-12-22-14-17(15)19/h4-9,12-14,18,20H,3,10-11H2,1-2H3/b6-4-,16-13+. The van der Waals surface area contributed by atoms with Gasteiger partial charge in [0.25, 0.3) is 0 Å². The Hall–Kier alpha value is -2.46. The van der Waals surface area contributed by atoms with Crippen LogP contribution < -0.4 is 10.1 Å². The molecule has 2 rings (SSSR count). The molecule has 0 spiro atoms. The molecule has 0 amide bonds. The van der Waals surface area contributed by atoms with Crippen molar-refractivity contribution < 1.29 is 4.74 Å². The lowest BCUT2D eigenvalue weighted by Crippen LogP contribution is -2.24. The van der Waals surface area contributed by atoms with Gasteiger partial charge in [-0.05, 0) is 44.8 Å². The van der Waals surface area contributed by atoms with Crippen LogP contribution in [0.2, 0.25) is 0 Å². The molecule has 2 aromatic rings. The van der Waals surface area contributed by atoms with Gasteiger partial charge >= 0.3 is 0 Å². The SMILES string of the molecule is C=N/C=C(\C=C/C)C(CCNC)Oc1cccc2ccncc12. The smallest absolute Gasteiger partial charge is 0.129 e. The van der Waals surface area contributed by atoms with E-state index in [0.29, 0.717) is 0 Å². The van der Waals surface area contributed by atoms with Gasteiger partial charge in [-0.15, -0.1) is 0 Å². The van der Waals surface area contributed by atoms with Crippen molar-refractivity contribution in [2.75, 3.05) is 13.6 Å². The quantitative estimate of drug-likeness (QED) is 0.596. The minimum atomic E-state index is -0.102. The first-order chi connectivity index (χ1) is 11.3. The van der Waals surface area contributed by atoms with E-state index in [2.05, 4.69) is 28.1 Å². The molecule has 0 radical (unpaired) electrons. The lowest BCUT2D eigenvalue weighted by Gasteiger charge is -2.21. The minimum Gasteiger partial charge on any atom is -0.485 e. The number of aliphatic imine (C=N–C) groups is 1. The molecule has 0 aliphatic heterocycles. The van der Waals surface area contributed by atoms with E-state index in [-0.39, 0.29) is 6.10 Å². The number of hydrogen-bond donors (Lipinski definition) is 1. The van der Waals surface area contributed by atoms with Gasteiger partial charge in [-0.3, -0.25) is 9.98 Å². The zero-order valence-corrected chi connectivity index (χ0v) is 13.7. The van der Waals surface area contributed by atoms with Crippen molar-refractivity contribution in [1.82, 2.24) is 10.3 Å². The fourth-order valence-corrected chi connectivity index (χ4v) is 2.44. The summed E-state index contributed by atoms with van der Waals surface area (Å²) in [5.74, 6) is 0.830. The summed E-state index contributed by atoms with van der Waals surface area (Å²) < 4.78 is 6.31. The van der Waals surface area contributed by atoms with Gasteiger partial charge in [-0.25, -0.2) is 0 Å². The molecule has 4 nitrogen and oxygen atoms in total. The summed E-state index contributed by atoms with van der Waals surface area (Å²) >= 11 is 0. The van der Waals surface area contributed by atoms with E-state index in [1.165, 1.54) is 0 Å². The summed E-state index contributed by atoms with van der Waals surface area (Å²) in [6.45, 7) is 6.39. The Morgan fingerprint density at radius 1 is 1.43 bits per heavy atom. The molecule has 120 valence electrons. The molecule has 1 N–H and O–H groups in total. The Morgan fingerprint density at radius 3 is 3.04 bits per heavy atom. The maximum atomic E-state index is 6.31. The van der Waals surface area contributed by atoms with Crippen molar-refractivity contribution in [3.63, 3.8) is 0 Å². The van der Waals surface area contributed by atoms with Crippen LogP contribution in [0.5, 0.6) is 5.75 Å². The average molecular weight is 309 g/mol. The molecule has 0 saturated heterocycles. The maximum Gasteiger partial charge on any atom is 0.129 e. The fraction of sp³-hybridized carbons (Fsp3) is 0.263. The van der Waals surface area contributed by atoms with Gasteiger partial charge in [0.2, 0.25) is 0 Å². The summed E-state index contributed by atoms with van der Waals surface area (Å²) in [5.41, 5.74) is 0.999. The zero-order chi connectivity index (χ0) is 16.5. The number of benzene rings is 1. The second-order valence-electron chi connectivity index (χ2n) is 5.16. The van der Waals surface area contributed by atoms with E-state index in [0.717, 1.165) is 35.1 Å². The Balaban J connectivity index is 2.35. The van der Waals surface area contributed by atoms with Gasteiger partial charge in [-0.1, -0.05) is 24.3 Å². The van der Waals surface area contributed by atoms with E-state index in [9.17, 15) is 0 Å². The molecule has 1 aromatic carbocycles. The van der Waals surface area contributed by atoms with Crippen molar-refractivity contribution in [3.8, 4) is 5.75 Å². The van der Waals surface area contributed by atoms with E-state index >= 15 is 0 Å². The molecule has 1 unspecified atom stereocenters. The van der Waals surface area contributed by atoms with Gasteiger partial charge in [0.15, 0.2) is 0 Å². The maximum absolute atomic E-state index is 6.31. The molecule has 23 heavy (non-hydrogen) atoms. The van der Waals surface area contributed by atoms with E-state index < -0.39 is 0 Å². The third-order valence-electron chi connectivity index (χ3n) is 3.54. The lowest BCUT2D eigenvalue weighted by atomic mass is 10.1. The Bertz CT molecular complexity index is 701. The molecular weight excluding hydrogens is 286 g/mol. The number of nitrogens with one attached hydrogen (secondary N) is 1. The number of hydrogen-bond acceptors (Lipinski definition) is 4. The summed E-state index contributed by atoms with van der Waals surface area (Å²) in [7, 11) is 1.93. The lowest BCUT2D eigenvalue weighted by molar-refractivity contribution is 0.232. The van der Waals surface area contributed by atoms with Crippen LogP contribution in [-0.4, -0.2) is 31.4 Å². The van der Waals surface area contributed by atoms with Crippen molar-refractivity contribution in [3.05, 3.63) is 60.6 Å². The number of ether oxygens (including phenoxy) is 1. The van der Waals surface area contributed by atoms with Crippen LogP contribution in [0.1, 0.15) is 13.3 Å². The topological polar surface area (TPSA) is 46.5 Å². The highest BCUT2D eigenvalue weighted by molar-refractivity contribution is 5.87. The second-order valence-corrected chi connectivity index (χ2v) is 5.16. The predicted octanol–water partition coefficient (Wildman–Crippen LogP) is 3.75. The van der Waals surface area contributed by atoms with Crippen LogP contribution in [0.3, 0.4) is 0 Å².